The molecule has 9 nitrogen and oxygen atoms in total. The summed E-state index contributed by atoms with van der Waals surface area (Å²) in [6.07, 6.45) is -4.92. The molecule has 1 atom stereocenters. The molecule has 44 heavy (non-hydrogen) atoms. The number of carbonyl (C=O) groups excluding carboxylic acids is 3. The number of halogens is 4. The maximum absolute atomic E-state index is 16.4. The molecule has 2 rings (SSSR count). The molecule has 0 radical (unpaired) electrons. The SMILES string of the molecule is CC(C)CCCC(Cc1c(C=O)cc(OCc2ccccc2)c(N(CC(=O)O)C(=O)C(F)(F)F)c1F)NC(=O)OC(C)(C)C. The lowest BCUT2D eigenvalue weighted by Crippen LogP contribution is -2.45. The van der Waals surface area contributed by atoms with Crippen LogP contribution in [0.2, 0.25) is 0 Å². The summed E-state index contributed by atoms with van der Waals surface area (Å²) in [6.45, 7) is 7.03. The molecule has 0 aromatic heterocycles. The molecule has 13 heteroatoms. The van der Waals surface area contributed by atoms with Crippen molar-refractivity contribution >= 4 is 29.9 Å². The van der Waals surface area contributed by atoms with Crippen LogP contribution in [0.5, 0.6) is 5.75 Å². The van der Waals surface area contributed by atoms with Gasteiger partial charge in [-0.05, 0) is 51.2 Å². The molecular weight excluding hydrogens is 588 g/mol. The molecule has 0 aliphatic rings. The first-order chi connectivity index (χ1) is 20.4. The average Bonchev–Trinajstić information content (AvgIpc) is 2.90. The van der Waals surface area contributed by atoms with Crippen molar-refractivity contribution < 1.29 is 51.3 Å². The summed E-state index contributed by atoms with van der Waals surface area (Å²) in [4.78, 5) is 48.5. The number of amides is 2. The Hall–Kier alpha value is -4.16. The second kappa shape index (κ2) is 15.5. The van der Waals surface area contributed by atoms with Gasteiger partial charge in [0.25, 0.3) is 0 Å². The van der Waals surface area contributed by atoms with E-state index < -0.39 is 65.2 Å². The Bertz CT molecular complexity index is 1310. The molecule has 0 aliphatic heterocycles. The highest BCUT2D eigenvalue weighted by Gasteiger charge is 2.45. The zero-order chi connectivity index (χ0) is 33.2. The largest absolute Gasteiger partial charge is 0.487 e. The number of alkyl halides is 3. The molecule has 0 aliphatic carbocycles. The van der Waals surface area contributed by atoms with Crippen molar-refractivity contribution in [2.45, 2.75) is 84.7 Å². The fourth-order valence-corrected chi connectivity index (χ4v) is 4.34. The van der Waals surface area contributed by atoms with E-state index in [1.807, 2.05) is 13.8 Å². The zero-order valence-electron chi connectivity index (χ0n) is 25.3. The molecule has 0 fully saturated rings. The summed E-state index contributed by atoms with van der Waals surface area (Å²) in [5, 5.41) is 12.0. The number of aliphatic carboxylic acids is 1. The van der Waals surface area contributed by atoms with Gasteiger partial charge in [0.15, 0.2) is 12.1 Å². The van der Waals surface area contributed by atoms with E-state index in [-0.39, 0.29) is 36.2 Å². The predicted molar refractivity (Wildman–Crippen MR) is 154 cm³/mol. The summed E-state index contributed by atoms with van der Waals surface area (Å²) in [5.74, 6) is -6.31. The minimum absolute atomic E-state index is 0.267. The Balaban J connectivity index is 2.70. The van der Waals surface area contributed by atoms with Crippen molar-refractivity contribution in [1.29, 1.82) is 0 Å². The third-order valence-electron chi connectivity index (χ3n) is 6.26. The van der Waals surface area contributed by atoms with Crippen LogP contribution < -0.4 is 15.0 Å². The first kappa shape index (κ1) is 36.0. The van der Waals surface area contributed by atoms with Crippen LogP contribution in [0, 0.1) is 11.7 Å². The highest BCUT2D eigenvalue weighted by molar-refractivity contribution is 6.02. The fraction of sp³-hybridized carbons (Fsp3) is 0.484. The van der Waals surface area contributed by atoms with E-state index in [2.05, 4.69) is 5.32 Å². The molecule has 2 amide bonds. The van der Waals surface area contributed by atoms with Gasteiger partial charge >= 0.3 is 24.1 Å². The van der Waals surface area contributed by atoms with Crippen molar-refractivity contribution in [3.05, 3.63) is 58.9 Å². The smallest absolute Gasteiger partial charge is 0.471 e. The van der Waals surface area contributed by atoms with Crippen LogP contribution in [0.4, 0.5) is 28.0 Å². The van der Waals surface area contributed by atoms with Gasteiger partial charge in [0.05, 0.1) is 0 Å². The van der Waals surface area contributed by atoms with E-state index in [0.29, 0.717) is 17.9 Å². The number of hydrogen-bond donors (Lipinski definition) is 2. The fourth-order valence-electron chi connectivity index (χ4n) is 4.34. The molecule has 2 aromatic rings. The number of nitrogens with one attached hydrogen (secondary N) is 1. The quantitative estimate of drug-likeness (QED) is 0.182. The number of hydrogen-bond acceptors (Lipinski definition) is 6. The number of alkyl carbamates (subject to hydrolysis) is 1. The molecule has 242 valence electrons. The lowest BCUT2D eigenvalue weighted by Gasteiger charge is -2.28. The highest BCUT2D eigenvalue weighted by atomic mass is 19.4. The number of nitrogens with zero attached hydrogens (tertiary/aromatic N) is 1. The Labute approximate surface area is 253 Å². The third-order valence-corrected chi connectivity index (χ3v) is 6.26. The number of ether oxygens (including phenoxy) is 2. The van der Waals surface area contributed by atoms with Crippen LogP contribution in [0.3, 0.4) is 0 Å². The Kier molecular flexibility index (Phi) is 12.7. The maximum atomic E-state index is 16.4. The number of carbonyl (C=O) groups is 4. The van der Waals surface area contributed by atoms with Crippen LogP contribution in [-0.2, 0) is 27.4 Å². The molecule has 0 saturated carbocycles. The first-order valence-corrected chi connectivity index (χ1v) is 14.0. The maximum Gasteiger partial charge on any atom is 0.471 e. The van der Waals surface area contributed by atoms with Crippen molar-refractivity contribution in [1.82, 2.24) is 5.32 Å². The second-order valence-corrected chi connectivity index (χ2v) is 11.7. The predicted octanol–water partition coefficient (Wildman–Crippen LogP) is 6.46. The third kappa shape index (κ3) is 11.2. The topological polar surface area (TPSA) is 122 Å². The minimum atomic E-state index is -5.57. The molecule has 2 N–H and O–H groups in total. The summed E-state index contributed by atoms with van der Waals surface area (Å²) in [7, 11) is 0. The van der Waals surface area contributed by atoms with Gasteiger partial charge in [0, 0.05) is 17.2 Å². The van der Waals surface area contributed by atoms with E-state index >= 15 is 4.39 Å². The number of carboxylic acid groups (broad SMARTS) is 1. The standard InChI is InChI=1S/C31H38F4N2O7/c1-19(2)10-9-13-22(36-29(42)44-30(3,4)5)15-23-21(17-38)14-24(43-18-20-11-7-6-8-12-20)27(26(23)32)37(16-25(39)40)28(41)31(33,34)35/h6-8,11-12,14,17,19,22H,9-10,13,15-16,18H2,1-5H3,(H,36,42)(H,39,40). The number of carboxylic acids is 1. The van der Waals surface area contributed by atoms with E-state index in [1.54, 1.807) is 51.1 Å². The van der Waals surface area contributed by atoms with Crippen LogP contribution in [0.1, 0.15) is 75.4 Å². The zero-order valence-corrected chi connectivity index (χ0v) is 25.3. The van der Waals surface area contributed by atoms with Gasteiger partial charge in [0.2, 0.25) is 0 Å². The van der Waals surface area contributed by atoms with Gasteiger partial charge in [-0.2, -0.15) is 13.2 Å². The van der Waals surface area contributed by atoms with Gasteiger partial charge in [-0.15, -0.1) is 0 Å². The van der Waals surface area contributed by atoms with Crippen LogP contribution in [0.15, 0.2) is 36.4 Å². The summed E-state index contributed by atoms with van der Waals surface area (Å²) < 4.78 is 68.2. The minimum Gasteiger partial charge on any atom is -0.487 e. The Morgan fingerprint density at radius 3 is 2.23 bits per heavy atom. The van der Waals surface area contributed by atoms with E-state index in [4.69, 9.17) is 9.47 Å². The van der Waals surface area contributed by atoms with Gasteiger partial charge in [0.1, 0.15) is 30.2 Å². The summed E-state index contributed by atoms with van der Waals surface area (Å²) in [6, 6.07) is 8.36. The van der Waals surface area contributed by atoms with Crippen molar-refractivity contribution in [3.8, 4) is 5.75 Å². The van der Waals surface area contributed by atoms with Crippen molar-refractivity contribution in [2.75, 3.05) is 11.4 Å². The number of aldehydes is 1. The summed E-state index contributed by atoms with van der Waals surface area (Å²) in [5.41, 5.74) is -2.19. The number of benzene rings is 2. The second-order valence-electron chi connectivity index (χ2n) is 11.7. The van der Waals surface area contributed by atoms with E-state index in [1.165, 1.54) is 0 Å². The van der Waals surface area contributed by atoms with Crippen molar-refractivity contribution in [2.24, 2.45) is 5.92 Å². The number of anilines is 1. The van der Waals surface area contributed by atoms with Gasteiger partial charge in [-0.25, -0.2) is 9.18 Å². The molecule has 0 saturated heterocycles. The number of rotatable bonds is 14. The Morgan fingerprint density at radius 2 is 1.70 bits per heavy atom. The van der Waals surface area contributed by atoms with Gasteiger partial charge < -0.3 is 19.9 Å². The van der Waals surface area contributed by atoms with Crippen LogP contribution >= 0.6 is 0 Å². The lowest BCUT2D eigenvalue weighted by atomic mass is 9.94. The molecule has 1 unspecified atom stereocenters. The van der Waals surface area contributed by atoms with Crippen molar-refractivity contribution in [3.63, 3.8) is 0 Å². The van der Waals surface area contributed by atoms with Gasteiger partial charge in [-0.1, -0.05) is 57.0 Å². The average molecular weight is 627 g/mol. The Morgan fingerprint density at radius 1 is 1.07 bits per heavy atom. The van der Waals surface area contributed by atoms with Crippen LogP contribution in [-0.4, -0.2) is 53.7 Å². The first-order valence-electron chi connectivity index (χ1n) is 14.0. The van der Waals surface area contributed by atoms with E-state index in [9.17, 15) is 37.5 Å². The van der Waals surface area contributed by atoms with Gasteiger partial charge in [-0.3, -0.25) is 19.3 Å². The molecular formula is C31H38F4N2O7. The summed E-state index contributed by atoms with van der Waals surface area (Å²) >= 11 is 0. The monoisotopic (exact) mass is 626 g/mol. The molecule has 0 spiro atoms. The lowest BCUT2D eigenvalue weighted by molar-refractivity contribution is -0.171. The normalized spacial score (nSPS) is 12.4. The van der Waals surface area contributed by atoms with E-state index in [0.717, 1.165) is 12.5 Å². The highest BCUT2D eigenvalue weighted by Crippen LogP contribution is 2.39. The molecule has 2 aromatic carbocycles. The molecule has 0 heterocycles. The molecule has 0 bridgehead atoms. The van der Waals surface area contributed by atoms with Crippen LogP contribution in [0.25, 0.3) is 0 Å².